The van der Waals surface area contributed by atoms with Gasteiger partial charge in [-0.2, -0.15) is 0 Å². The van der Waals surface area contributed by atoms with Crippen molar-refractivity contribution < 1.29 is 9.53 Å². The molecule has 2 heterocycles. The van der Waals surface area contributed by atoms with E-state index in [9.17, 15) is 4.79 Å². The summed E-state index contributed by atoms with van der Waals surface area (Å²) in [4.78, 5) is 22.1. The molecule has 7 heteroatoms. The fourth-order valence-corrected chi connectivity index (χ4v) is 4.35. The Morgan fingerprint density at radius 3 is 2.53 bits per heavy atom. The Morgan fingerprint density at radius 1 is 1.16 bits per heavy atom. The van der Waals surface area contributed by atoms with Crippen LogP contribution >= 0.6 is 11.3 Å². The predicted molar refractivity (Wildman–Crippen MR) is 127 cm³/mol. The Bertz CT molecular complexity index is 1180. The van der Waals surface area contributed by atoms with Gasteiger partial charge >= 0.3 is 0 Å². The molecule has 0 aliphatic rings. The third kappa shape index (κ3) is 4.89. The number of rotatable bonds is 8. The summed E-state index contributed by atoms with van der Waals surface area (Å²) in [6, 6.07) is 15.7. The topological polar surface area (TPSA) is 69.0 Å². The molecule has 4 aromatic rings. The molecule has 2 aromatic carbocycles. The molecule has 1 amide bonds. The van der Waals surface area contributed by atoms with Crippen LogP contribution in [0.15, 0.2) is 66.3 Å². The molecule has 0 spiro atoms. The van der Waals surface area contributed by atoms with Gasteiger partial charge in [-0.3, -0.25) is 4.79 Å². The quantitative estimate of drug-likeness (QED) is 0.431. The Hall–Kier alpha value is -3.45. The van der Waals surface area contributed by atoms with Gasteiger partial charge in [0.15, 0.2) is 0 Å². The highest BCUT2D eigenvalue weighted by atomic mass is 32.1. The van der Waals surface area contributed by atoms with Crippen LogP contribution in [-0.4, -0.2) is 27.6 Å². The van der Waals surface area contributed by atoms with Crippen molar-refractivity contribution in [3.63, 3.8) is 0 Å². The van der Waals surface area contributed by atoms with Gasteiger partial charge in [-0.25, -0.2) is 9.97 Å². The summed E-state index contributed by atoms with van der Waals surface area (Å²) in [6.45, 7) is 2.14. The first-order valence-electron chi connectivity index (χ1n) is 10.5. The minimum absolute atomic E-state index is 0.105. The zero-order valence-electron chi connectivity index (χ0n) is 18.4. The number of nitrogens with one attached hydrogen (secondary N) is 1. The number of hydrogen-bond donors (Lipinski definition) is 1. The van der Waals surface area contributed by atoms with Gasteiger partial charge in [-0.05, 0) is 29.7 Å². The number of thiazole rings is 1. The molecule has 2 aromatic heterocycles. The van der Waals surface area contributed by atoms with E-state index in [0.29, 0.717) is 0 Å². The molecule has 164 valence electrons. The molecule has 0 aliphatic heterocycles. The number of carbonyl (C=O) groups excluding carboxylic acids is 1. The second kappa shape index (κ2) is 9.78. The van der Waals surface area contributed by atoms with Crippen molar-refractivity contribution in [2.24, 2.45) is 7.05 Å². The maximum Gasteiger partial charge on any atom is 0.226 e. The van der Waals surface area contributed by atoms with Crippen molar-refractivity contribution in [2.45, 2.75) is 25.8 Å². The lowest BCUT2D eigenvalue weighted by atomic mass is 10.1. The largest absolute Gasteiger partial charge is 0.497 e. The van der Waals surface area contributed by atoms with Gasteiger partial charge in [-0.1, -0.05) is 43.3 Å². The first-order chi connectivity index (χ1) is 15.6. The molecule has 1 N–H and O–H groups in total. The number of hydrogen-bond acceptors (Lipinski definition) is 5. The van der Waals surface area contributed by atoms with Crippen molar-refractivity contribution >= 4 is 17.2 Å². The van der Waals surface area contributed by atoms with Crippen LogP contribution in [0.25, 0.3) is 10.6 Å². The van der Waals surface area contributed by atoms with Crippen molar-refractivity contribution in [1.29, 1.82) is 0 Å². The Balaban J connectivity index is 1.50. The number of aromatic nitrogens is 3. The molecule has 0 fully saturated rings. The van der Waals surface area contributed by atoms with Gasteiger partial charge < -0.3 is 14.6 Å². The summed E-state index contributed by atoms with van der Waals surface area (Å²) in [5.74, 6) is 1.42. The SMILES string of the molecule is CCc1ccc(-c2nc(CC(=O)NC(c3ccc(OC)cc3)c3nccn3C)cs2)cc1. The van der Waals surface area contributed by atoms with Crippen LogP contribution < -0.4 is 10.1 Å². The summed E-state index contributed by atoms with van der Waals surface area (Å²) >= 11 is 1.56. The van der Waals surface area contributed by atoms with E-state index >= 15 is 0 Å². The molecule has 32 heavy (non-hydrogen) atoms. The van der Waals surface area contributed by atoms with Crippen molar-refractivity contribution in [1.82, 2.24) is 19.9 Å². The Kier molecular flexibility index (Phi) is 6.66. The minimum Gasteiger partial charge on any atom is -0.497 e. The van der Waals surface area contributed by atoms with Crippen LogP contribution in [0.5, 0.6) is 5.75 Å². The second-order valence-electron chi connectivity index (χ2n) is 7.54. The van der Waals surface area contributed by atoms with Gasteiger partial charge in [-0.15, -0.1) is 11.3 Å². The normalized spacial score (nSPS) is 11.8. The number of ether oxygens (including phenoxy) is 1. The van der Waals surface area contributed by atoms with E-state index in [-0.39, 0.29) is 18.4 Å². The molecule has 0 radical (unpaired) electrons. The number of nitrogens with zero attached hydrogens (tertiary/aromatic N) is 3. The highest BCUT2D eigenvalue weighted by Gasteiger charge is 2.21. The lowest BCUT2D eigenvalue weighted by Gasteiger charge is -2.19. The zero-order chi connectivity index (χ0) is 22.5. The number of carbonyl (C=O) groups is 1. The molecular weight excluding hydrogens is 420 g/mol. The lowest BCUT2D eigenvalue weighted by Crippen LogP contribution is -2.32. The molecule has 0 saturated carbocycles. The van der Waals surface area contributed by atoms with Crippen LogP contribution in [0, 0.1) is 0 Å². The highest BCUT2D eigenvalue weighted by Crippen LogP contribution is 2.26. The highest BCUT2D eigenvalue weighted by molar-refractivity contribution is 7.13. The van der Waals surface area contributed by atoms with Crippen LogP contribution in [-0.2, 0) is 24.7 Å². The number of amides is 1. The molecule has 0 aliphatic carbocycles. The van der Waals surface area contributed by atoms with E-state index in [4.69, 9.17) is 4.74 Å². The number of benzene rings is 2. The van der Waals surface area contributed by atoms with Crippen molar-refractivity contribution in [3.8, 4) is 16.3 Å². The number of aryl methyl sites for hydroxylation is 2. The fourth-order valence-electron chi connectivity index (χ4n) is 3.53. The van der Waals surface area contributed by atoms with Crippen molar-refractivity contribution in [3.05, 3.63) is 88.9 Å². The van der Waals surface area contributed by atoms with Gasteiger partial charge in [0.1, 0.15) is 22.6 Å². The average molecular weight is 447 g/mol. The van der Waals surface area contributed by atoms with E-state index in [1.165, 1.54) is 5.56 Å². The monoisotopic (exact) mass is 446 g/mol. The van der Waals surface area contributed by atoms with Crippen molar-refractivity contribution in [2.75, 3.05) is 7.11 Å². The van der Waals surface area contributed by atoms with Crippen LogP contribution in [0.1, 0.15) is 35.6 Å². The number of methoxy groups -OCH3 is 1. The third-order valence-electron chi connectivity index (χ3n) is 5.37. The lowest BCUT2D eigenvalue weighted by molar-refractivity contribution is -0.121. The molecule has 1 unspecified atom stereocenters. The summed E-state index contributed by atoms with van der Waals surface area (Å²) in [7, 11) is 3.55. The molecule has 1 atom stereocenters. The summed E-state index contributed by atoms with van der Waals surface area (Å²) < 4.78 is 7.17. The average Bonchev–Trinajstić information content (AvgIpc) is 3.46. The summed E-state index contributed by atoms with van der Waals surface area (Å²) in [5, 5.41) is 6.00. The maximum absolute atomic E-state index is 12.9. The second-order valence-corrected chi connectivity index (χ2v) is 8.40. The van der Waals surface area contributed by atoms with Gasteiger partial charge in [0.2, 0.25) is 5.91 Å². The van der Waals surface area contributed by atoms with Gasteiger partial charge in [0.05, 0.1) is 19.2 Å². The first kappa shape index (κ1) is 21.8. The molecule has 0 bridgehead atoms. The fraction of sp³-hybridized carbons (Fsp3) is 0.240. The number of imidazole rings is 1. The van der Waals surface area contributed by atoms with E-state index in [1.54, 1.807) is 24.6 Å². The van der Waals surface area contributed by atoms with E-state index < -0.39 is 0 Å². The maximum atomic E-state index is 12.9. The standard InChI is InChI=1S/C25H26N4O2S/c1-4-17-5-7-19(8-6-17)25-27-20(16-32-25)15-22(30)28-23(24-26-13-14-29(24)2)18-9-11-21(31-3)12-10-18/h5-14,16,23H,4,15H2,1-3H3,(H,28,30). The van der Waals surface area contributed by atoms with Crippen LogP contribution in [0.2, 0.25) is 0 Å². The molecule has 6 nitrogen and oxygen atoms in total. The smallest absolute Gasteiger partial charge is 0.226 e. The summed E-state index contributed by atoms with van der Waals surface area (Å²) in [5.41, 5.74) is 4.06. The summed E-state index contributed by atoms with van der Waals surface area (Å²) in [6.07, 6.45) is 4.82. The third-order valence-corrected chi connectivity index (χ3v) is 6.31. The predicted octanol–water partition coefficient (Wildman–Crippen LogP) is 4.56. The Morgan fingerprint density at radius 2 is 1.91 bits per heavy atom. The first-order valence-corrected chi connectivity index (χ1v) is 11.4. The minimum atomic E-state index is -0.367. The van der Waals surface area contributed by atoms with Crippen LogP contribution in [0.4, 0.5) is 0 Å². The van der Waals surface area contributed by atoms with Crippen LogP contribution in [0.3, 0.4) is 0 Å². The zero-order valence-corrected chi connectivity index (χ0v) is 19.2. The van der Waals surface area contributed by atoms with E-state index in [0.717, 1.165) is 39.8 Å². The molecule has 4 rings (SSSR count). The Labute approximate surface area is 191 Å². The molecular formula is C25H26N4O2S. The van der Waals surface area contributed by atoms with Gasteiger partial charge in [0.25, 0.3) is 0 Å². The van der Waals surface area contributed by atoms with E-state index in [1.807, 2.05) is 47.5 Å². The van der Waals surface area contributed by atoms with Gasteiger partial charge in [0, 0.05) is 30.4 Å². The molecule has 0 saturated heterocycles. The van der Waals surface area contributed by atoms with E-state index in [2.05, 4.69) is 46.5 Å².